The molecule has 2 atom stereocenters. The highest BCUT2D eigenvalue weighted by atomic mass is 79.9. The maximum absolute atomic E-state index is 12.4. The number of amides is 1. The summed E-state index contributed by atoms with van der Waals surface area (Å²) in [7, 11) is 0. The molecule has 108 valence electrons. The van der Waals surface area contributed by atoms with E-state index in [1.807, 2.05) is 25.1 Å². The summed E-state index contributed by atoms with van der Waals surface area (Å²) in [5, 5.41) is 3.25. The summed E-state index contributed by atoms with van der Waals surface area (Å²) in [4.78, 5) is 14.9. The van der Waals surface area contributed by atoms with Gasteiger partial charge in [-0.1, -0.05) is 22.4 Å². The van der Waals surface area contributed by atoms with Crippen LogP contribution < -0.4 is 5.32 Å². The molecule has 2 fully saturated rings. The van der Waals surface area contributed by atoms with Gasteiger partial charge < -0.3 is 5.32 Å². The summed E-state index contributed by atoms with van der Waals surface area (Å²) in [6.07, 6.45) is 4.92. The molecule has 0 aromatic heterocycles. The van der Waals surface area contributed by atoms with Crippen LogP contribution in [0.4, 0.5) is 0 Å². The number of carbonyl (C=O) groups excluding carboxylic acids is 1. The Balaban J connectivity index is 1.68. The second kappa shape index (κ2) is 5.86. The number of carbonyl (C=O) groups is 1. The van der Waals surface area contributed by atoms with E-state index in [2.05, 4.69) is 26.1 Å². The Kier molecular flexibility index (Phi) is 4.13. The van der Waals surface area contributed by atoms with E-state index in [-0.39, 0.29) is 5.91 Å². The molecule has 2 aliphatic heterocycles. The van der Waals surface area contributed by atoms with E-state index in [1.165, 1.54) is 25.8 Å². The summed E-state index contributed by atoms with van der Waals surface area (Å²) < 4.78 is 1.05. The Bertz CT molecular complexity index is 517. The van der Waals surface area contributed by atoms with Gasteiger partial charge in [-0.25, -0.2) is 0 Å². The standard InChI is InChI=1S/C16H21BrN2O/c1-11-10-12(5-6-13(11)17)16(20)18-14-7-9-19-8-3-2-4-15(14)19/h5-6,10,14-15H,2-4,7-9H2,1H3,(H,18,20). The Labute approximate surface area is 128 Å². The second-order valence-corrected chi connectivity index (χ2v) is 6.79. The molecular formula is C16H21BrN2O. The largest absolute Gasteiger partial charge is 0.348 e. The van der Waals surface area contributed by atoms with Gasteiger partial charge in [-0.3, -0.25) is 9.69 Å². The van der Waals surface area contributed by atoms with Gasteiger partial charge in [-0.2, -0.15) is 0 Å². The number of fused-ring (bicyclic) bond motifs is 1. The van der Waals surface area contributed by atoms with Crippen molar-refractivity contribution in [3.8, 4) is 0 Å². The monoisotopic (exact) mass is 336 g/mol. The number of aryl methyl sites for hydroxylation is 1. The van der Waals surface area contributed by atoms with Gasteiger partial charge in [0.25, 0.3) is 5.91 Å². The lowest BCUT2D eigenvalue weighted by Gasteiger charge is -2.32. The first-order chi connectivity index (χ1) is 9.65. The van der Waals surface area contributed by atoms with Crippen LogP contribution in [0.5, 0.6) is 0 Å². The van der Waals surface area contributed by atoms with Crippen LogP contribution >= 0.6 is 15.9 Å². The van der Waals surface area contributed by atoms with Crippen LogP contribution in [0.1, 0.15) is 41.6 Å². The lowest BCUT2D eigenvalue weighted by molar-refractivity contribution is 0.0915. The van der Waals surface area contributed by atoms with E-state index in [0.717, 1.165) is 28.6 Å². The molecule has 0 saturated carbocycles. The van der Waals surface area contributed by atoms with Gasteiger partial charge in [0.1, 0.15) is 0 Å². The van der Waals surface area contributed by atoms with Crippen LogP contribution in [0.25, 0.3) is 0 Å². The van der Waals surface area contributed by atoms with E-state index in [9.17, 15) is 4.79 Å². The first-order valence-corrected chi connectivity index (χ1v) is 8.25. The second-order valence-electron chi connectivity index (χ2n) is 5.93. The van der Waals surface area contributed by atoms with Crippen LogP contribution in [0.15, 0.2) is 22.7 Å². The first-order valence-electron chi connectivity index (χ1n) is 7.46. The molecular weight excluding hydrogens is 316 g/mol. The first kappa shape index (κ1) is 14.1. The summed E-state index contributed by atoms with van der Waals surface area (Å²) in [5.74, 6) is 0.0676. The van der Waals surface area contributed by atoms with Crippen LogP contribution in [0.3, 0.4) is 0 Å². The normalized spacial score (nSPS) is 26.3. The summed E-state index contributed by atoms with van der Waals surface area (Å²) >= 11 is 3.47. The van der Waals surface area contributed by atoms with Crippen molar-refractivity contribution in [3.05, 3.63) is 33.8 Å². The quantitative estimate of drug-likeness (QED) is 0.899. The fourth-order valence-electron chi connectivity index (χ4n) is 3.45. The fourth-order valence-corrected chi connectivity index (χ4v) is 3.70. The molecule has 1 N–H and O–H groups in total. The number of nitrogens with zero attached hydrogens (tertiary/aromatic N) is 1. The molecule has 0 radical (unpaired) electrons. The van der Waals surface area contributed by atoms with E-state index in [1.54, 1.807) is 0 Å². The van der Waals surface area contributed by atoms with Crippen molar-refractivity contribution in [1.29, 1.82) is 0 Å². The number of hydrogen-bond acceptors (Lipinski definition) is 2. The maximum Gasteiger partial charge on any atom is 0.251 e. The number of benzene rings is 1. The highest BCUT2D eigenvalue weighted by Gasteiger charge is 2.36. The van der Waals surface area contributed by atoms with Crippen LogP contribution in [-0.2, 0) is 0 Å². The van der Waals surface area contributed by atoms with Crippen molar-refractivity contribution in [3.63, 3.8) is 0 Å². The van der Waals surface area contributed by atoms with Crippen LogP contribution in [-0.4, -0.2) is 36.0 Å². The molecule has 4 heteroatoms. The molecule has 2 unspecified atom stereocenters. The molecule has 1 aromatic carbocycles. The lowest BCUT2D eigenvalue weighted by Crippen LogP contribution is -2.46. The fraction of sp³-hybridized carbons (Fsp3) is 0.562. The van der Waals surface area contributed by atoms with Gasteiger partial charge in [0.05, 0.1) is 0 Å². The summed E-state index contributed by atoms with van der Waals surface area (Å²) in [5.41, 5.74) is 1.86. The molecule has 2 aliphatic rings. The zero-order valence-corrected chi connectivity index (χ0v) is 13.4. The molecule has 2 saturated heterocycles. The Morgan fingerprint density at radius 1 is 1.30 bits per heavy atom. The third-order valence-electron chi connectivity index (χ3n) is 4.59. The molecule has 0 bridgehead atoms. The topological polar surface area (TPSA) is 32.3 Å². The summed E-state index contributed by atoms with van der Waals surface area (Å²) in [6.45, 7) is 4.35. The van der Waals surface area contributed by atoms with Gasteiger partial charge in [0.2, 0.25) is 0 Å². The van der Waals surface area contributed by atoms with Crippen LogP contribution in [0, 0.1) is 6.92 Å². The predicted molar refractivity (Wildman–Crippen MR) is 84.0 cm³/mol. The number of piperidine rings is 1. The van der Waals surface area contributed by atoms with Gasteiger partial charge >= 0.3 is 0 Å². The molecule has 1 aromatic rings. The van der Waals surface area contributed by atoms with Gasteiger partial charge in [-0.15, -0.1) is 0 Å². The molecule has 1 amide bonds. The minimum atomic E-state index is 0.0676. The Morgan fingerprint density at radius 3 is 2.95 bits per heavy atom. The van der Waals surface area contributed by atoms with Crippen LogP contribution in [0.2, 0.25) is 0 Å². The minimum absolute atomic E-state index is 0.0676. The number of nitrogens with one attached hydrogen (secondary N) is 1. The zero-order valence-electron chi connectivity index (χ0n) is 11.9. The SMILES string of the molecule is Cc1cc(C(=O)NC2CCN3CCCCC23)ccc1Br. The molecule has 0 aliphatic carbocycles. The van der Waals surface area contributed by atoms with Crippen molar-refractivity contribution in [2.75, 3.05) is 13.1 Å². The average Bonchev–Trinajstić information content (AvgIpc) is 2.85. The highest BCUT2D eigenvalue weighted by Crippen LogP contribution is 2.27. The predicted octanol–water partition coefficient (Wildman–Crippen LogP) is 3.11. The van der Waals surface area contributed by atoms with Gasteiger partial charge in [0, 0.05) is 28.7 Å². The van der Waals surface area contributed by atoms with Crippen molar-refractivity contribution in [2.45, 2.75) is 44.7 Å². The minimum Gasteiger partial charge on any atom is -0.348 e. The molecule has 3 rings (SSSR count). The smallest absolute Gasteiger partial charge is 0.251 e. The number of rotatable bonds is 2. The van der Waals surface area contributed by atoms with Gasteiger partial charge in [0.15, 0.2) is 0 Å². The van der Waals surface area contributed by atoms with E-state index < -0.39 is 0 Å². The van der Waals surface area contributed by atoms with Crippen molar-refractivity contribution < 1.29 is 4.79 Å². The van der Waals surface area contributed by atoms with Crippen molar-refractivity contribution in [2.24, 2.45) is 0 Å². The van der Waals surface area contributed by atoms with Crippen molar-refractivity contribution in [1.82, 2.24) is 10.2 Å². The molecule has 2 heterocycles. The number of hydrogen-bond donors (Lipinski definition) is 1. The Morgan fingerprint density at radius 2 is 2.15 bits per heavy atom. The van der Waals surface area contributed by atoms with E-state index >= 15 is 0 Å². The van der Waals surface area contributed by atoms with E-state index in [4.69, 9.17) is 0 Å². The average molecular weight is 337 g/mol. The van der Waals surface area contributed by atoms with Crippen molar-refractivity contribution >= 4 is 21.8 Å². The molecule has 0 spiro atoms. The molecule has 3 nitrogen and oxygen atoms in total. The van der Waals surface area contributed by atoms with E-state index in [0.29, 0.717) is 12.1 Å². The number of halogens is 1. The van der Waals surface area contributed by atoms with Gasteiger partial charge in [-0.05, 0) is 56.5 Å². The molecule has 20 heavy (non-hydrogen) atoms. The summed E-state index contributed by atoms with van der Waals surface area (Å²) in [6, 6.07) is 6.68. The third-order valence-corrected chi connectivity index (χ3v) is 5.48. The lowest BCUT2D eigenvalue weighted by atomic mass is 9.98. The maximum atomic E-state index is 12.4. The zero-order chi connectivity index (χ0) is 14.1. The Hall–Kier alpha value is -0.870. The highest BCUT2D eigenvalue weighted by molar-refractivity contribution is 9.10. The third kappa shape index (κ3) is 2.77.